The van der Waals surface area contributed by atoms with Crippen LogP contribution < -0.4 is 11.1 Å². The summed E-state index contributed by atoms with van der Waals surface area (Å²) in [5, 5.41) is 25.0. The Kier molecular flexibility index (Phi) is 8.78. The zero-order valence-electron chi connectivity index (χ0n) is 23.2. The van der Waals surface area contributed by atoms with Crippen molar-refractivity contribution in [2.75, 3.05) is 32.3 Å². The molecule has 5 N–H and O–H groups in total. The molecule has 1 aromatic rings. The summed E-state index contributed by atoms with van der Waals surface area (Å²) >= 11 is 2.47. The van der Waals surface area contributed by atoms with Crippen LogP contribution in [-0.4, -0.2) is 123 Å². The molecule has 5 rings (SSSR count). The van der Waals surface area contributed by atoms with Gasteiger partial charge in [0.2, 0.25) is 5.91 Å². The van der Waals surface area contributed by atoms with Gasteiger partial charge in [0.15, 0.2) is 20.7 Å². The number of fused-ring (bicyclic) bond motifs is 2. The van der Waals surface area contributed by atoms with E-state index in [1.54, 1.807) is 5.38 Å². The molecule has 43 heavy (non-hydrogen) atoms. The highest BCUT2D eigenvalue weighted by Crippen LogP contribution is 2.45. The number of nitrogens with zero attached hydrogens (tertiary/aromatic N) is 4. The van der Waals surface area contributed by atoms with Gasteiger partial charge in [-0.3, -0.25) is 19.3 Å². The predicted molar refractivity (Wildman–Crippen MR) is 151 cm³/mol. The number of carboxylic acids is 2. The number of aromatic nitrogens is 1. The molecule has 3 saturated heterocycles. The lowest BCUT2D eigenvalue weighted by Gasteiger charge is -2.49. The van der Waals surface area contributed by atoms with Crippen LogP contribution in [0.1, 0.15) is 26.0 Å². The van der Waals surface area contributed by atoms with Gasteiger partial charge in [-0.1, -0.05) is 5.16 Å². The number of hydrogen-bond acceptors (Lipinski definition) is 14. The summed E-state index contributed by atoms with van der Waals surface area (Å²) in [6.45, 7) is 2.82. The molecule has 1 aromatic heterocycles. The number of rotatable bonds is 8. The normalized spacial score (nSPS) is 26.7. The molecule has 3 fully saturated rings. The zero-order valence-corrected chi connectivity index (χ0v) is 25.6. The first-order valence-electron chi connectivity index (χ1n) is 12.4. The van der Waals surface area contributed by atoms with E-state index in [-0.39, 0.29) is 35.3 Å². The van der Waals surface area contributed by atoms with E-state index in [4.69, 9.17) is 20.4 Å². The number of carbonyl (C=O) groups is 5. The van der Waals surface area contributed by atoms with E-state index >= 15 is 0 Å². The standard InChI is InChI=1S/C15H17N5O6S2.C8H11NO5S/c1-25-3-6-4-27-13-9(12(22)20(13)10(6)14(23)24)18-11(21)8(19-26-2)7-5-28-15(16)17-7;1-8(2)6(7(11)12)9-4(10)3-5(9)15(8,13)14/h5,9,13H,3-4H2,1-2H3,(H2,16,17)(H,18,21)(H,23,24);5-6H,3H2,1-2H3,(H,11,12)/b19-8-;/t9-,13-;5-,6+/m11/s1. The Labute approximate surface area is 253 Å². The molecular weight excluding hydrogens is 632 g/mol. The second-order valence-electron chi connectivity index (χ2n) is 10.1. The number of oxime groups is 1. The number of carbonyl (C=O) groups excluding carboxylic acids is 3. The topological polar surface area (TPSA) is 248 Å². The number of carboxylic acid groups (broad SMARTS) is 2. The lowest BCUT2D eigenvalue weighted by Crippen LogP contribution is -2.71. The predicted octanol–water partition coefficient (Wildman–Crippen LogP) is -1.33. The van der Waals surface area contributed by atoms with Crippen molar-refractivity contribution in [1.82, 2.24) is 20.1 Å². The maximum absolute atomic E-state index is 12.6. The third kappa shape index (κ3) is 5.31. The molecular formula is C23H28N6O11S3. The van der Waals surface area contributed by atoms with Gasteiger partial charge in [0, 0.05) is 18.2 Å². The molecule has 0 unspecified atom stereocenters. The van der Waals surface area contributed by atoms with Crippen LogP contribution in [-0.2, 0) is 43.4 Å². The van der Waals surface area contributed by atoms with Gasteiger partial charge < -0.3 is 35.7 Å². The molecule has 0 aliphatic carbocycles. The van der Waals surface area contributed by atoms with E-state index in [9.17, 15) is 37.5 Å². The quantitative estimate of drug-likeness (QED) is 0.143. The Morgan fingerprint density at radius 1 is 1.26 bits per heavy atom. The molecule has 4 aliphatic rings. The number of nitrogens with one attached hydrogen (secondary N) is 1. The maximum atomic E-state index is 12.6. The SMILES string of the molecule is CC1(C)[C@H](C(=O)O)N2C(=O)C[C@H]2S1(=O)=O.COCC1=C(C(=O)O)N2C(=O)[C@@H](NC(=O)/C(=N\OC)c3csc(N)n3)[C@H]2SC1. The number of thioether (sulfide) groups is 1. The van der Waals surface area contributed by atoms with Crippen LogP contribution in [0.3, 0.4) is 0 Å². The van der Waals surface area contributed by atoms with Crippen LogP contribution in [0, 0.1) is 0 Å². The summed E-state index contributed by atoms with van der Waals surface area (Å²) < 4.78 is 27.4. The van der Waals surface area contributed by atoms with E-state index in [0.717, 1.165) is 16.2 Å². The minimum Gasteiger partial charge on any atom is -0.480 e. The Balaban J connectivity index is 0.000000237. The lowest BCUT2D eigenvalue weighted by molar-refractivity contribution is -0.157. The molecule has 0 saturated carbocycles. The van der Waals surface area contributed by atoms with Crippen LogP contribution in [0.25, 0.3) is 0 Å². The third-order valence-corrected chi connectivity index (χ3v) is 12.0. The Morgan fingerprint density at radius 2 is 1.93 bits per heavy atom. The van der Waals surface area contributed by atoms with Crippen molar-refractivity contribution < 1.29 is 52.2 Å². The van der Waals surface area contributed by atoms with E-state index in [1.165, 1.54) is 44.7 Å². The van der Waals surface area contributed by atoms with Crippen molar-refractivity contribution in [3.8, 4) is 0 Å². The number of ether oxygens (including phenoxy) is 1. The minimum atomic E-state index is -3.57. The molecule has 234 valence electrons. The highest BCUT2D eigenvalue weighted by molar-refractivity contribution is 8.00. The summed E-state index contributed by atoms with van der Waals surface area (Å²) in [4.78, 5) is 69.8. The summed E-state index contributed by atoms with van der Waals surface area (Å²) in [6.07, 6.45) is -0.0878. The fraction of sp³-hybridized carbons (Fsp3) is 0.522. The first kappa shape index (κ1) is 32.2. The van der Waals surface area contributed by atoms with Gasteiger partial charge in [0.25, 0.3) is 11.8 Å². The van der Waals surface area contributed by atoms with Crippen LogP contribution >= 0.6 is 23.1 Å². The van der Waals surface area contributed by atoms with Gasteiger partial charge in [0.1, 0.15) is 41.3 Å². The van der Waals surface area contributed by atoms with Crippen molar-refractivity contribution in [1.29, 1.82) is 0 Å². The van der Waals surface area contributed by atoms with Gasteiger partial charge in [0.05, 0.1) is 17.8 Å². The van der Waals surface area contributed by atoms with Crippen LogP contribution in [0.2, 0.25) is 0 Å². The Morgan fingerprint density at radius 3 is 2.42 bits per heavy atom. The fourth-order valence-corrected chi connectivity index (χ4v) is 9.10. The van der Waals surface area contributed by atoms with Crippen LogP contribution in [0.15, 0.2) is 21.8 Å². The minimum absolute atomic E-state index is 0.0878. The summed E-state index contributed by atoms with van der Waals surface area (Å²) in [5.41, 5.74) is 6.09. The first-order valence-corrected chi connectivity index (χ1v) is 15.9. The average Bonchev–Trinajstić information content (AvgIpc) is 3.41. The second kappa shape index (κ2) is 11.7. The molecule has 0 aromatic carbocycles. The number of aliphatic carboxylic acids is 2. The van der Waals surface area contributed by atoms with Crippen LogP contribution in [0.5, 0.6) is 0 Å². The largest absolute Gasteiger partial charge is 0.480 e. The number of anilines is 1. The fourth-order valence-electron chi connectivity index (χ4n) is 5.10. The number of thiazole rings is 1. The van der Waals surface area contributed by atoms with Crippen molar-refractivity contribution in [3.63, 3.8) is 0 Å². The van der Waals surface area contributed by atoms with Gasteiger partial charge in [-0.25, -0.2) is 23.0 Å². The van der Waals surface area contributed by atoms with Crippen molar-refractivity contribution >= 4 is 73.4 Å². The number of methoxy groups -OCH3 is 1. The number of hydrogen-bond donors (Lipinski definition) is 4. The van der Waals surface area contributed by atoms with Gasteiger partial charge in [-0.15, -0.1) is 23.1 Å². The summed E-state index contributed by atoms with van der Waals surface area (Å²) in [5.74, 6) is -3.70. The molecule has 0 spiro atoms. The number of β-lactam (4-membered cyclic amide) rings is 2. The van der Waals surface area contributed by atoms with Gasteiger partial charge >= 0.3 is 11.9 Å². The second-order valence-corrected chi connectivity index (χ2v) is 14.8. The first-order chi connectivity index (χ1) is 20.1. The van der Waals surface area contributed by atoms with Crippen LogP contribution in [0.4, 0.5) is 5.13 Å². The number of amides is 3. The Hall–Kier alpha value is -3.75. The molecule has 3 amide bonds. The Bertz CT molecular complexity index is 1550. The van der Waals surface area contributed by atoms with E-state index in [0.29, 0.717) is 11.3 Å². The molecule has 17 nitrogen and oxygen atoms in total. The monoisotopic (exact) mass is 660 g/mol. The molecule has 0 radical (unpaired) electrons. The van der Waals surface area contributed by atoms with Gasteiger partial charge in [-0.2, -0.15) is 0 Å². The van der Waals surface area contributed by atoms with E-state index in [1.807, 2.05) is 0 Å². The zero-order chi connectivity index (χ0) is 32.0. The highest BCUT2D eigenvalue weighted by Gasteiger charge is 2.67. The highest BCUT2D eigenvalue weighted by atomic mass is 32.2. The molecule has 4 atom stereocenters. The average molecular weight is 661 g/mol. The van der Waals surface area contributed by atoms with E-state index in [2.05, 4.69) is 15.5 Å². The molecule has 5 heterocycles. The van der Waals surface area contributed by atoms with E-state index < -0.39 is 67.1 Å². The van der Waals surface area contributed by atoms with Gasteiger partial charge in [-0.05, 0) is 19.4 Å². The van der Waals surface area contributed by atoms with Crippen molar-refractivity contribution in [2.24, 2.45) is 5.16 Å². The lowest BCUT2D eigenvalue weighted by atomic mass is 9.98. The smallest absolute Gasteiger partial charge is 0.352 e. The van der Waals surface area contributed by atoms with Crippen molar-refractivity contribution in [3.05, 3.63) is 22.3 Å². The molecule has 0 bridgehead atoms. The number of nitrogen functional groups attached to an aromatic ring is 1. The summed E-state index contributed by atoms with van der Waals surface area (Å²) in [6, 6.07) is -2.15. The number of sulfone groups is 1. The number of nitrogens with two attached hydrogens (primary N) is 1. The maximum Gasteiger partial charge on any atom is 0.352 e. The van der Waals surface area contributed by atoms with Crippen molar-refractivity contribution in [2.45, 2.75) is 47.8 Å². The summed E-state index contributed by atoms with van der Waals surface area (Å²) in [7, 11) is -0.843. The molecule has 20 heteroatoms. The third-order valence-electron chi connectivity index (χ3n) is 7.23. The molecule has 4 aliphatic heterocycles.